The van der Waals surface area contributed by atoms with Gasteiger partial charge in [0.25, 0.3) is 0 Å². The number of nitrogens with one attached hydrogen (secondary N) is 2. The molecule has 0 heterocycles. The highest BCUT2D eigenvalue weighted by molar-refractivity contribution is 7.80. The van der Waals surface area contributed by atoms with Gasteiger partial charge in [0.2, 0.25) is 0 Å². The zero-order chi connectivity index (χ0) is 18.1. The van der Waals surface area contributed by atoms with Gasteiger partial charge < -0.3 is 15.4 Å². The molecule has 132 valence electrons. The number of rotatable bonds is 7. The monoisotopic (exact) mass is 356 g/mol. The van der Waals surface area contributed by atoms with Crippen LogP contribution in [0.5, 0.6) is 0 Å². The largest absolute Gasteiger partial charge is 0.462 e. The second kappa shape index (κ2) is 9.79. The van der Waals surface area contributed by atoms with Crippen LogP contribution in [0.2, 0.25) is 0 Å². The predicted molar refractivity (Wildman–Crippen MR) is 106 cm³/mol. The third-order valence-corrected chi connectivity index (χ3v) is 3.94. The number of aryl methyl sites for hydroxylation is 1. The van der Waals surface area contributed by atoms with Crippen molar-refractivity contribution in [3.05, 3.63) is 65.7 Å². The number of carbonyl (C=O) groups is 1. The van der Waals surface area contributed by atoms with Crippen molar-refractivity contribution < 1.29 is 9.53 Å². The quantitative estimate of drug-likeness (QED) is 0.576. The van der Waals surface area contributed by atoms with Crippen molar-refractivity contribution in [3.63, 3.8) is 0 Å². The summed E-state index contributed by atoms with van der Waals surface area (Å²) in [5.41, 5.74) is 2.59. The van der Waals surface area contributed by atoms with Crippen LogP contribution >= 0.6 is 12.2 Å². The van der Waals surface area contributed by atoms with Crippen molar-refractivity contribution in [2.24, 2.45) is 0 Å². The molecule has 0 radical (unpaired) electrons. The molecule has 0 amide bonds. The zero-order valence-electron chi connectivity index (χ0n) is 14.6. The summed E-state index contributed by atoms with van der Waals surface area (Å²) in [7, 11) is 0. The minimum atomic E-state index is -0.332. The zero-order valence-corrected chi connectivity index (χ0v) is 15.4. The van der Waals surface area contributed by atoms with E-state index < -0.39 is 0 Å². The Kier molecular flexibility index (Phi) is 7.41. The van der Waals surface area contributed by atoms with Gasteiger partial charge in [-0.15, -0.1) is 0 Å². The molecule has 0 saturated heterocycles. The third kappa shape index (κ3) is 6.55. The van der Waals surface area contributed by atoms with Crippen LogP contribution in [0.25, 0.3) is 0 Å². The Morgan fingerprint density at radius 3 is 2.64 bits per heavy atom. The first-order chi connectivity index (χ1) is 12.1. The smallest absolute Gasteiger partial charge is 0.338 e. The number of carbonyl (C=O) groups excluding carboxylic acids is 1. The Bertz CT molecular complexity index is 704. The fourth-order valence-corrected chi connectivity index (χ4v) is 2.75. The third-order valence-electron chi connectivity index (χ3n) is 3.72. The molecule has 0 bridgehead atoms. The highest BCUT2D eigenvalue weighted by Crippen LogP contribution is 2.12. The average molecular weight is 356 g/mol. The Hall–Kier alpha value is -2.40. The summed E-state index contributed by atoms with van der Waals surface area (Å²) in [5, 5.41) is 6.94. The van der Waals surface area contributed by atoms with E-state index >= 15 is 0 Å². The van der Waals surface area contributed by atoms with Crippen LogP contribution in [0, 0.1) is 0 Å². The van der Waals surface area contributed by atoms with E-state index in [1.807, 2.05) is 12.1 Å². The van der Waals surface area contributed by atoms with Gasteiger partial charge in [0.05, 0.1) is 12.2 Å². The molecule has 0 spiro atoms. The van der Waals surface area contributed by atoms with Gasteiger partial charge in [-0.1, -0.05) is 36.4 Å². The van der Waals surface area contributed by atoms with Crippen molar-refractivity contribution in [1.82, 2.24) is 5.32 Å². The van der Waals surface area contributed by atoms with Gasteiger partial charge in [-0.2, -0.15) is 0 Å². The van der Waals surface area contributed by atoms with Crippen molar-refractivity contribution in [2.45, 2.75) is 32.7 Å². The topological polar surface area (TPSA) is 50.4 Å². The number of thiocarbonyl (C=S) groups is 1. The van der Waals surface area contributed by atoms with Crippen molar-refractivity contribution >= 4 is 29.0 Å². The van der Waals surface area contributed by atoms with Gasteiger partial charge in [0.1, 0.15) is 0 Å². The first kappa shape index (κ1) is 18.9. The molecule has 2 rings (SSSR count). The lowest BCUT2D eigenvalue weighted by Crippen LogP contribution is -2.36. The molecule has 2 N–H and O–H groups in total. The van der Waals surface area contributed by atoms with Gasteiger partial charge in [-0.3, -0.25) is 0 Å². The molecule has 0 aliphatic heterocycles. The Morgan fingerprint density at radius 2 is 1.92 bits per heavy atom. The molecule has 2 aromatic carbocycles. The van der Waals surface area contributed by atoms with Crippen molar-refractivity contribution in [3.8, 4) is 0 Å². The minimum absolute atomic E-state index is 0.244. The molecule has 0 fully saturated rings. The first-order valence-electron chi connectivity index (χ1n) is 8.47. The Labute approximate surface area is 154 Å². The van der Waals surface area contributed by atoms with Gasteiger partial charge in [-0.05, 0) is 62.7 Å². The fourth-order valence-electron chi connectivity index (χ4n) is 2.43. The van der Waals surface area contributed by atoms with E-state index in [1.165, 1.54) is 5.56 Å². The van der Waals surface area contributed by atoms with Gasteiger partial charge in [0.15, 0.2) is 5.11 Å². The van der Waals surface area contributed by atoms with Crippen LogP contribution in [0.15, 0.2) is 54.6 Å². The van der Waals surface area contributed by atoms with Crippen LogP contribution in [-0.2, 0) is 11.2 Å². The molecule has 4 nitrogen and oxygen atoms in total. The van der Waals surface area contributed by atoms with Crippen LogP contribution in [-0.4, -0.2) is 23.7 Å². The molecular formula is C20H24N2O2S. The molecule has 0 saturated carbocycles. The number of hydrogen-bond donors (Lipinski definition) is 2. The molecule has 1 atom stereocenters. The van der Waals surface area contributed by atoms with Crippen molar-refractivity contribution in [2.75, 3.05) is 11.9 Å². The molecule has 2 aromatic rings. The Morgan fingerprint density at radius 1 is 1.16 bits per heavy atom. The minimum Gasteiger partial charge on any atom is -0.462 e. The van der Waals surface area contributed by atoms with Crippen LogP contribution in [0.4, 0.5) is 5.69 Å². The molecule has 0 aliphatic rings. The number of hydrogen-bond acceptors (Lipinski definition) is 3. The fraction of sp³-hybridized carbons (Fsp3) is 0.300. The molecule has 5 heteroatoms. The van der Waals surface area contributed by atoms with E-state index in [4.69, 9.17) is 17.0 Å². The lowest BCUT2D eigenvalue weighted by Gasteiger charge is -2.17. The lowest BCUT2D eigenvalue weighted by atomic mass is 10.1. The summed E-state index contributed by atoms with van der Waals surface area (Å²) < 4.78 is 5.01. The summed E-state index contributed by atoms with van der Waals surface area (Å²) in [6.45, 7) is 4.25. The lowest BCUT2D eigenvalue weighted by molar-refractivity contribution is 0.0526. The van der Waals surface area contributed by atoms with Gasteiger partial charge >= 0.3 is 5.97 Å². The normalized spacial score (nSPS) is 11.4. The van der Waals surface area contributed by atoms with E-state index in [1.54, 1.807) is 25.1 Å². The van der Waals surface area contributed by atoms with E-state index in [9.17, 15) is 4.79 Å². The predicted octanol–water partition coefficient (Wildman–Crippen LogP) is 4.17. The number of anilines is 1. The average Bonchev–Trinajstić information content (AvgIpc) is 2.61. The summed E-state index contributed by atoms with van der Waals surface area (Å²) >= 11 is 5.36. The first-order valence-corrected chi connectivity index (χ1v) is 8.88. The second-order valence-electron chi connectivity index (χ2n) is 5.83. The van der Waals surface area contributed by atoms with Gasteiger partial charge in [-0.25, -0.2) is 4.79 Å². The van der Waals surface area contributed by atoms with Crippen molar-refractivity contribution in [1.29, 1.82) is 0 Å². The summed E-state index contributed by atoms with van der Waals surface area (Å²) in [4.78, 5) is 11.8. The van der Waals surface area contributed by atoms with Crippen LogP contribution in [0.1, 0.15) is 36.2 Å². The standard InChI is InChI=1S/C20H24N2O2S/c1-3-24-19(23)17-10-7-11-18(14-17)22-20(25)21-15(2)12-13-16-8-5-4-6-9-16/h4-11,14-15H,3,12-13H2,1-2H3,(H2,21,22,25)/t15-/m0/s1. The van der Waals surface area contributed by atoms with E-state index in [-0.39, 0.29) is 12.0 Å². The maximum absolute atomic E-state index is 11.8. The molecular weight excluding hydrogens is 332 g/mol. The van der Waals surface area contributed by atoms with Crippen LogP contribution < -0.4 is 10.6 Å². The van der Waals surface area contributed by atoms with E-state index in [0.717, 1.165) is 18.5 Å². The maximum atomic E-state index is 11.8. The molecule has 0 aliphatic carbocycles. The second-order valence-corrected chi connectivity index (χ2v) is 6.23. The molecule has 0 unspecified atom stereocenters. The van der Waals surface area contributed by atoms with Gasteiger partial charge in [0, 0.05) is 11.7 Å². The number of esters is 1. The number of ether oxygens (including phenoxy) is 1. The Balaban J connectivity index is 1.83. The maximum Gasteiger partial charge on any atom is 0.338 e. The van der Waals surface area contributed by atoms with E-state index in [2.05, 4.69) is 41.8 Å². The van der Waals surface area contributed by atoms with Crippen LogP contribution in [0.3, 0.4) is 0 Å². The summed E-state index contributed by atoms with van der Waals surface area (Å²) in [5.74, 6) is -0.332. The summed E-state index contributed by atoms with van der Waals surface area (Å²) in [6.07, 6.45) is 1.98. The SMILES string of the molecule is CCOC(=O)c1cccc(NC(=S)N[C@@H](C)CCc2ccccc2)c1. The highest BCUT2D eigenvalue weighted by atomic mass is 32.1. The highest BCUT2D eigenvalue weighted by Gasteiger charge is 2.09. The summed E-state index contributed by atoms with van der Waals surface area (Å²) in [6, 6.07) is 17.8. The molecule has 0 aromatic heterocycles. The number of benzene rings is 2. The molecule has 25 heavy (non-hydrogen) atoms. The van der Waals surface area contributed by atoms with E-state index in [0.29, 0.717) is 17.3 Å².